The Morgan fingerprint density at radius 1 is 0.900 bits per heavy atom. The van der Waals surface area contributed by atoms with Gasteiger partial charge >= 0.3 is 11.9 Å². The number of hydrogen-bond donors (Lipinski definition) is 4. The fraction of sp³-hybridized carbons (Fsp3) is 0.615. The Bertz CT molecular complexity index is 1140. The van der Waals surface area contributed by atoms with E-state index in [4.69, 9.17) is 9.15 Å². The van der Waals surface area contributed by atoms with Gasteiger partial charge in [-0.3, -0.25) is 19.2 Å². The van der Waals surface area contributed by atoms with E-state index in [1.165, 1.54) is 29.2 Å². The van der Waals surface area contributed by atoms with Crippen molar-refractivity contribution < 1.29 is 48.1 Å². The molecule has 1 aromatic heterocycles. The Balaban J connectivity index is 1.48. The molecule has 6 atom stereocenters. The molecule has 2 saturated heterocycles. The first kappa shape index (κ1) is 29.1. The van der Waals surface area contributed by atoms with E-state index in [9.17, 15) is 39.0 Å². The molecule has 3 aliphatic rings. The fourth-order valence-electron chi connectivity index (χ4n) is 6.05. The molecular weight excluding hydrogens is 528 g/mol. The average Bonchev–Trinajstić information content (AvgIpc) is 3.68. The largest absolute Gasteiger partial charge is 0.480 e. The number of hydrogen-bond acceptors (Lipinski definition) is 8. The number of amides is 4. The summed E-state index contributed by atoms with van der Waals surface area (Å²) in [6.07, 6.45) is 3.36. The van der Waals surface area contributed by atoms with Crippen molar-refractivity contribution >= 4 is 35.6 Å². The SMILES string of the molecule is COCC(=O)N[C@H]1C[C@@H](C(=O)O)N(C(=O)[C@@H]2CCCC[C@@H]2C(=O)N2C[C@@H](NC(=O)c3ccco3)C[C@H]2C(=O)O)C1. The summed E-state index contributed by atoms with van der Waals surface area (Å²) >= 11 is 0. The molecule has 14 heteroatoms. The zero-order valence-corrected chi connectivity index (χ0v) is 22.1. The Morgan fingerprint density at radius 2 is 1.43 bits per heavy atom. The highest BCUT2D eigenvalue weighted by molar-refractivity contribution is 5.94. The average molecular weight is 563 g/mol. The molecule has 40 heavy (non-hydrogen) atoms. The smallest absolute Gasteiger partial charge is 0.326 e. The molecule has 3 fully saturated rings. The lowest BCUT2D eigenvalue weighted by molar-refractivity contribution is -0.156. The van der Waals surface area contributed by atoms with Crippen LogP contribution < -0.4 is 10.6 Å². The van der Waals surface area contributed by atoms with Crippen LogP contribution in [0.3, 0.4) is 0 Å². The molecule has 0 radical (unpaired) electrons. The van der Waals surface area contributed by atoms with Crippen LogP contribution in [0.15, 0.2) is 22.8 Å². The number of rotatable bonds is 9. The van der Waals surface area contributed by atoms with Crippen LogP contribution in [0.1, 0.15) is 49.1 Å². The van der Waals surface area contributed by atoms with Crippen molar-refractivity contribution in [3.05, 3.63) is 24.2 Å². The second-order valence-electron chi connectivity index (χ2n) is 10.5. The maximum Gasteiger partial charge on any atom is 0.326 e. The Kier molecular flexibility index (Phi) is 9.07. The lowest BCUT2D eigenvalue weighted by atomic mass is 9.77. The third kappa shape index (κ3) is 6.27. The molecule has 3 heterocycles. The Labute approximate surface area is 230 Å². The number of likely N-dealkylation sites (tertiary alicyclic amines) is 2. The van der Waals surface area contributed by atoms with Crippen LogP contribution in [0.4, 0.5) is 0 Å². The van der Waals surface area contributed by atoms with Crippen molar-refractivity contribution in [3.8, 4) is 0 Å². The van der Waals surface area contributed by atoms with E-state index in [1.54, 1.807) is 6.07 Å². The maximum absolute atomic E-state index is 13.8. The first-order chi connectivity index (χ1) is 19.1. The zero-order chi connectivity index (χ0) is 29.0. The summed E-state index contributed by atoms with van der Waals surface area (Å²) in [7, 11) is 1.36. The van der Waals surface area contributed by atoms with Gasteiger partial charge in [-0.1, -0.05) is 12.8 Å². The lowest BCUT2D eigenvalue weighted by Gasteiger charge is -2.36. The highest BCUT2D eigenvalue weighted by Crippen LogP contribution is 2.36. The maximum atomic E-state index is 13.8. The Morgan fingerprint density at radius 3 is 1.88 bits per heavy atom. The lowest BCUT2D eigenvalue weighted by Crippen LogP contribution is -2.51. The number of carboxylic acids is 2. The number of carboxylic acid groups (broad SMARTS) is 2. The molecule has 1 aromatic rings. The second kappa shape index (κ2) is 12.5. The van der Waals surface area contributed by atoms with Gasteiger partial charge in [-0.05, 0) is 25.0 Å². The monoisotopic (exact) mass is 562 g/mol. The van der Waals surface area contributed by atoms with E-state index in [0.29, 0.717) is 25.7 Å². The normalized spacial score (nSPS) is 28.2. The van der Waals surface area contributed by atoms with Crippen LogP contribution in [-0.4, -0.2) is 107 Å². The van der Waals surface area contributed by atoms with E-state index >= 15 is 0 Å². The van der Waals surface area contributed by atoms with Crippen LogP contribution >= 0.6 is 0 Å². The first-order valence-electron chi connectivity index (χ1n) is 13.3. The van der Waals surface area contributed by atoms with Crippen molar-refractivity contribution in [1.82, 2.24) is 20.4 Å². The number of nitrogens with zero attached hydrogens (tertiary/aromatic N) is 2. The van der Waals surface area contributed by atoms with Crippen LogP contribution in [0.2, 0.25) is 0 Å². The summed E-state index contributed by atoms with van der Waals surface area (Å²) in [5.74, 6) is -6.00. The van der Waals surface area contributed by atoms with E-state index in [1.807, 2.05) is 0 Å². The van der Waals surface area contributed by atoms with Crippen LogP contribution in [-0.2, 0) is 28.7 Å². The highest BCUT2D eigenvalue weighted by atomic mass is 16.5. The molecule has 0 aromatic carbocycles. The van der Waals surface area contributed by atoms with Gasteiger partial charge in [0.25, 0.3) is 5.91 Å². The van der Waals surface area contributed by atoms with Gasteiger partial charge < -0.3 is 39.8 Å². The molecule has 0 spiro atoms. The molecule has 4 rings (SSSR count). The number of methoxy groups -OCH3 is 1. The number of carbonyl (C=O) groups excluding carboxylic acids is 4. The molecule has 1 aliphatic carbocycles. The third-order valence-corrected chi connectivity index (χ3v) is 7.86. The third-order valence-electron chi connectivity index (χ3n) is 7.86. The summed E-state index contributed by atoms with van der Waals surface area (Å²) in [6, 6.07) is -0.559. The van der Waals surface area contributed by atoms with Gasteiger partial charge in [-0.15, -0.1) is 0 Å². The second-order valence-corrected chi connectivity index (χ2v) is 10.5. The van der Waals surface area contributed by atoms with Gasteiger partial charge in [0.1, 0.15) is 18.7 Å². The van der Waals surface area contributed by atoms with Gasteiger partial charge in [0.15, 0.2) is 5.76 Å². The van der Waals surface area contributed by atoms with Crippen molar-refractivity contribution in [1.29, 1.82) is 0 Å². The summed E-state index contributed by atoms with van der Waals surface area (Å²) in [4.78, 5) is 78.4. The van der Waals surface area contributed by atoms with E-state index in [0.717, 1.165) is 0 Å². The standard InChI is InChI=1S/C26H34N4O10/c1-39-13-21(31)27-14-9-18(25(35)36)29(11-14)23(33)16-5-2-3-6-17(16)24(34)30-12-15(10-19(30)26(37)38)28-22(32)20-7-4-8-40-20/h4,7-8,14-19H,2-3,5-6,9-13H2,1H3,(H,27,31)(H,28,32)(H,35,36)(H,37,38)/t14-,15-,16+,17-,18-,19-/m0/s1. The molecule has 14 nitrogen and oxygen atoms in total. The van der Waals surface area contributed by atoms with E-state index in [-0.39, 0.29) is 38.3 Å². The van der Waals surface area contributed by atoms with Gasteiger partial charge in [-0.2, -0.15) is 0 Å². The van der Waals surface area contributed by atoms with Crippen LogP contribution in [0, 0.1) is 11.8 Å². The van der Waals surface area contributed by atoms with Crippen molar-refractivity contribution in [2.45, 2.75) is 62.7 Å². The minimum atomic E-state index is -1.22. The predicted octanol–water partition coefficient (Wildman–Crippen LogP) is -0.313. The number of carbonyl (C=O) groups is 6. The first-order valence-corrected chi connectivity index (χ1v) is 13.3. The Hall–Kier alpha value is -3.94. The van der Waals surface area contributed by atoms with Crippen LogP contribution in [0.5, 0.6) is 0 Å². The number of ether oxygens (including phenoxy) is 1. The molecule has 0 unspecified atom stereocenters. The molecular formula is C26H34N4O10. The van der Waals surface area contributed by atoms with Crippen molar-refractivity contribution in [2.24, 2.45) is 11.8 Å². The predicted molar refractivity (Wildman–Crippen MR) is 135 cm³/mol. The summed E-state index contributed by atoms with van der Waals surface area (Å²) in [5, 5.41) is 25.0. The molecule has 4 amide bonds. The number of furan rings is 1. The molecule has 1 saturated carbocycles. The van der Waals surface area contributed by atoms with Gasteiger partial charge in [0.2, 0.25) is 17.7 Å². The van der Waals surface area contributed by atoms with Crippen molar-refractivity contribution in [3.63, 3.8) is 0 Å². The molecule has 2 aliphatic heterocycles. The van der Waals surface area contributed by atoms with Crippen LogP contribution in [0.25, 0.3) is 0 Å². The highest BCUT2D eigenvalue weighted by Gasteiger charge is 2.49. The minimum absolute atomic E-state index is 0.00504. The zero-order valence-electron chi connectivity index (χ0n) is 22.1. The van der Waals surface area contributed by atoms with E-state index in [2.05, 4.69) is 10.6 Å². The van der Waals surface area contributed by atoms with Gasteiger partial charge in [0, 0.05) is 57.0 Å². The molecule has 4 N–H and O–H groups in total. The number of nitrogens with one attached hydrogen (secondary N) is 2. The quantitative estimate of drug-likeness (QED) is 0.310. The summed E-state index contributed by atoms with van der Waals surface area (Å²) in [6.45, 7) is -0.273. The molecule has 0 bridgehead atoms. The minimum Gasteiger partial charge on any atom is -0.480 e. The number of aliphatic carboxylic acids is 2. The van der Waals surface area contributed by atoms with Gasteiger partial charge in [-0.25, -0.2) is 9.59 Å². The topological polar surface area (TPSA) is 196 Å². The van der Waals surface area contributed by atoms with Crippen molar-refractivity contribution in [2.75, 3.05) is 26.8 Å². The van der Waals surface area contributed by atoms with E-state index < -0.39 is 71.6 Å². The molecule has 218 valence electrons. The van der Waals surface area contributed by atoms with Gasteiger partial charge in [0.05, 0.1) is 6.26 Å². The summed E-state index contributed by atoms with van der Waals surface area (Å²) < 4.78 is 9.88. The fourth-order valence-corrected chi connectivity index (χ4v) is 6.05. The summed E-state index contributed by atoms with van der Waals surface area (Å²) in [5.41, 5.74) is 0.